The minimum Gasteiger partial charge on any atom is -0.496 e. The summed E-state index contributed by atoms with van der Waals surface area (Å²) in [5.74, 6) is 1.60. The summed E-state index contributed by atoms with van der Waals surface area (Å²) in [5, 5.41) is 4.88. The van der Waals surface area contributed by atoms with Crippen LogP contribution in [0.3, 0.4) is 0 Å². The van der Waals surface area contributed by atoms with Gasteiger partial charge in [0.15, 0.2) is 12.5 Å². The molecule has 0 amide bonds. The number of hydrogen-bond acceptors (Lipinski definition) is 3. The summed E-state index contributed by atoms with van der Waals surface area (Å²) in [6, 6.07) is 18.5. The molecule has 0 spiro atoms. The van der Waals surface area contributed by atoms with Gasteiger partial charge in [-0.3, -0.25) is 4.57 Å². The highest BCUT2D eigenvalue weighted by Gasteiger charge is 2.20. The van der Waals surface area contributed by atoms with Crippen LogP contribution in [0.1, 0.15) is 12.0 Å². The Morgan fingerprint density at radius 1 is 1.17 bits per heavy atom. The lowest BCUT2D eigenvalue weighted by Gasteiger charge is -2.23. The third kappa shape index (κ3) is 4.15. The van der Waals surface area contributed by atoms with E-state index in [1.54, 1.807) is 7.11 Å². The van der Waals surface area contributed by atoms with Gasteiger partial charge in [-0.1, -0.05) is 48.5 Å². The maximum absolute atomic E-state index is 5.77. The molecule has 3 aromatic rings. The molecular formula is C24H27N4OS+. The molecule has 0 fully saturated rings. The Bertz CT molecular complexity index is 1110. The molecule has 0 radical (unpaired) electrons. The molecule has 1 aromatic heterocycles. The summed E-state index contributed by atoms with van der Waals surface area (Å²) in [4.78, 5) is 1.45. The molecule has 0 aliphatic carbocycles. The van der Waals surface area contributed by atoms with Gasteiger partial charge in [-0.2, -0.15) is 4.68 Å². The van der Waals surface area contributed by atoms with Gasteiger partial charge in [0.25, 0.3) is 0 Å². The van der Waals surface area contributed by atoms with Gasteiger partial charge in [-0.15, -0.1) is 11.7 Å². The lowest BCUT2D eigenvalue weighted by atomic mass is 10.00. The zero-order valence-corrected chi connectivity index (χ0v) is 18.1. The molecular weight excluding hydrogens is 392 g/mol. The first-order valence-corrected chi connectivity index (χ1v) is 10.6. The Balaban J connectivity index is 1.59. The molecule has 1 aliphatic rings. The average molecular weight is 420 g/mol. The number of ether oxygens (including phenoxy) is 1. The topological polar surface area (TPSA) is 36.4 Å². The highest BCUT2D eigenvalue weighted by molar-refractivity contribution is 7.71. The number of methoxy groups -OCH3 is 1. The minimum absolute atomic E-state index is 0.611. The summed E-state index contributed by atoms with van der Waals surface area (Å²) < 4.78 is 10.2. The molecule has 154 valence electrons. The van der Waals surface area contributed by atoms with Crippen molar-refractivity contribution in [2.75, 3.05) is 20.2 Å². The molecule has 2 aromatic carbocycles. The second kappa shape index (κ2) is 9.24. The molecule has 30 heavy (non-hydrogen) atoms. The predicted octanol–water partition coefficient (Wildman–Crippen LogP) is 3.61. The summed E-state index contributed by atoms with van der Waals surface area (Å²) in [6.45, 7) is 7.26. The van der Waals surface area contributed by atoms with E-state index in [1.165, 1.54) is 16.0 Å². The first-order chi connectivity index (χ1) is 14.7. The molecule has 1 atom stereocenters. The molecule has 2 heterocycles. The number of para-hydroxylation sites is 1. The summed E-state index contributed by atoms with van der Waals surface area (Å²) in [5.41, 5.74) is 3.68. The highest BCUT2D eigenvalue weighted by Crippen LogP contribution is 2.28. The quantitative estimate of drug-likeness (QED) is 0.470. The number of rotatable bonds is 7. The van der Waals surface area contributed by atoms with Crippen LogP contribution in [0.5, 0.6) is 5.75 Å². The fourth-order valence-electron chi connectivity index (χ4n) is 3.92. The van der Waals surface area contributed by atoms with Crippen molar-refractivity contribution >= 4 is 17.8 Å². The van der Waals surface area contributed by atoms with Crippen LogP contribution in [-0.4, -0.2) is 34.5 Å². The van der Waals surface area contributed by atoms with Gasteiger partial charge in [-0.25, -0.2) is 0 Å². The summed E-state index contributed by atoms with van der Waals surface area (Å²) in [6.07, 6.45) is 5.25. The van der Waals surface area contributed by atoms with Crippen LogP contribution in [0.4, 0.5) is 0 Å². The van der Waals surface area contributed by atoms with Crippen molar-refractivity contribution in [3.63, 3.8) is 0 Å². The zero-order chi connectivity index (χ0) is 20.9. The van der Waals surface area contributed by atoms with Gasteiger partial charge in [-0.05, 0) is 41.6 Å². The van der Waals surface area contributed by atoms with Crippen LogP contribution in [-0.2, 0) is 13.2 Å². The number of aromatic nitrogens is 3. The Hall–Kier alpha value is -2.96. The first-order valence-electron chi connectivity index (χ1n) is 10.2. The number of quaternary nitrogens is 1. The third-order valence-electron chi connectivity index (χ3n) is 5.49. The maximum Gasteiger partial charge on any atom is 0.203 e. The van der Waals surface area contributed by atoms with Gasteiger partial charge < -0.3 is 9.64 Å². The van der Waals surface area contributed by atoms with Crippen molar-refractivity contribution in [2.45, 2.75) is 19.6 Å². The monoisotopic (exact) mass is 419 g/mol. The predicted molar refractivity (Wildman–Crippen MR) is 123 cm³/mol. The Morgan fingerprint density at radius 2 is 1.93 bits per heavy atom. The van der Waals surface area contributed by atoms with E-state index in [2.05, 4.69) is 43.0 Å². The van der Waals surface area contributed by atoms with Gasteiger partial charge >= 0.3 is 0 Å². The largest absolute Gasteiger partial charge is 0.496 e. The molecule has 4 rings (SSSR count). The fraction of sp³-hybridized carbons (Fsp3) is 0.250. The standard InChI is InChI=1S/C24H26N4OS/c1-3-15-27-23(21-11-7-8-12-22(21)29-2)25-28(24(27)30)18-26-16-13-20(14-17-26)19-9-5-4-6-10-19/h3-13H,1,14-18H2,2H3/p+1. The lowest BCUT2D eigenvalue weighted by Crippen LogP contribution is -3.11. The van der Waals surface area contributed by atoms with Crippen molar-refractivity contribution < 1.29 is 9.64 Å². The Kier molecular flexibility index (Phi) is 6.26. The molecule has 1 unspecified atom stereocenters. The maximum atomic E-state index is 5.77. The van der Waals surface area contributed by atoms with Crippen LogP contribution in [0.25, 0.3) is 17.0 Å². The van der Waals surface area contributed by atoms with Crippen LogP contribution < -0.4 is 9.64 Å². The Morgan fingerprint density at radius 3 is 2.63 bits per heavy atom. The molecule has 1 N–H and O–H groups in total. The normalized spacial score (nSPS) is 16.2. The SMILES string of the molecule is C=CCn1c(-c2ccccc2OC)nn(C[NH+]2CC=C(c3ccccc3)CC2)c1=S. The van der Waals surface area contributed by atoms with E-state index in [0.29, 0.717) is 11.3 Å². The summed E-state index contributed by atoms with van der Waals surface area (Å²) in [7, 11) is 1.68. The number of hydrogen-bond donors (Lipinski definition) is 1. The van der Waals surface area contributed by atoms with E-state index >= 15 is 0 Å². The second-order valence-electron chi connectivity index (χ2n) is 7.41. The highest BCUT2D eigenvalue weighted by atomic mass is 32.1. The fourth-order valence-corrected chi connectivity index (χ4v) is 4.19. The number of nitrogens with zero attached hydrogens (tertiary/aromatic N) is 3. The van der Waals surface area contributed by atoms with E-state index in [4.69, 9.17) is 22.1 Å². The molecule has 5 nitrogen and oxygen atoms in total. The Labute approximate surface area is 182 Å². The van der Waals surface area contributed by atoms with E-state index in [1.807, 2.05) is 39.6 Å². The first kappa shape index (κ1) is 20.3. The molecule has 6 heteroatoms. The third-order valence-corrected chi connectivity index (χ3v) is 5.92. The van der Waals surface area contributed by atoms with E-state index in [0.717, 1.165) is 43.3 Å². The van der Waals surface area contributed by atoms with Crippen LogP contribution in [0.2, 0.25) is 0 Å². The van der Waals surface area contributed by atoms with Crippen LogP contribution in [0.15, 0.2) is 73.3 Å². The smallest absolute Gasteiger partial charge is 0.203 e. The lowest BCUT2D eigenvalue weighted by molar-refractivity contribution is -0.918. The van der Waals surface area contributed by atoms with Crippen molar-refractivity contribution in [3.05, 3.63) is 83.7 Å². The van der Waals surface area contributed by atoms with Crippen LogP contribution in [0, 0.1) is 4.77 Å². The van der Waals surface area contributed by atoms with Gasteiger partial charge in [0.1, 0.15) is 5.75 Å². The van der Waals surface area contributed by atoms with E-state index in [9.17, 15) is 0 Å². The van der Waals surface area contributed by atoms with Gasteiger partial charge in [0.05, 0.1) is 25.8 Å². The van der Waals surface area contributed by atoms with Gasteiger partial charge in [0.2, 0.25) is 4.77 Å². The summed E-state index contributed by atoms with van der Waals surface area (Å²) >= 11 is 5.77. The molecule has 0 saturated carbocycles. The van der Waals surface area contributed by atoms with Crippen molar-refractivity contribution in [1.82, 2.24) is 14.3 Å². The van der Waals surface area contributed by atoms with E-state index in [-0.39, 0.29) is 0 Å². The van der Waals surface area contributed by atoms with Gasteiger partial charge in [0, 0.05) is 13.0 Å². The number of benzene rings is 2. The number of allylic oxidation sites excluding steroid dienone is 1. The molecule has 0 saturated heterocycles. The number of nitrogens with one attached hydrogen (secondary N) is 1. The van der Waals surface area contributed by atoms with Crippen LogP contribution >= 0.6 is 12.2 Å². The van der Waals surface area contributed by atoms with Crippen molar-refractivity contribution in [2.24, 2.45) is 0 Å². The minimum atomic E-state index is 0.611. The zero-order valence-electron chi connectivity index (χ0n) is 17.3. The van der Waals surface area contributed by atoms with E-state index < -0.39 is 0 Å². The van der Waals surface area contributed by atoms with Crippen molar-refractivity contribution in [3.8, 4) is 17.1 Å². The molecule has 1 aliphatic heterocycles. The molecule has 0 bridgehead atoms. The van der Waals surface area contributed by atoms with Crippen molar-refractivity contribution in [1.29, 1.82) is 0 Å². The second-order valence-corrected chi connectivity index (χ2v) is 7.78. The average Bonchev–Trinajstić information content (AvgIpc) is 3.10.